The molecule has 166 valence electrons. The normalized spacial score (nSPS) is 13.1. The standard InChI is InChI=1S/C22H31ClN8/c1-5-7-11-31(16(4)20-21(24-6-2)28-22(23)27-20)12-9-8-10-19-25-14-18(26-19)17-13-15(3)29-30-17/h6,13,24H,2,4-5,7-12,14H2,1,3H3,(H,27,28)(H,29,30). The summed E-state index contributed by atoms with van der Waals surface area (Å²) >= 11 is 6.08. The molecule has 0 bridgehead atoms. The van der Waals surface area contributed by atoms with Crippen LogP contribution in [0.3, 0.4) is 0 Å². The summed E-state index contributed by atoms with van der Waals surface area (Å²) < 4.78 is 0. The van der Waals surface area contributed by atoms with Crippen molar-refractivity contribution in [1.29, 1.82) is 0 Å². The number of H-pyrrole nitrogens is 2. The second kappa shape index (κ2) is 10.9. The van der Waals surface area contributed by atoms with E-state index >= 15 is 0 Å². The Hall–Kier alpha value is -2.87. The third kappa shape index (κ3) is 6.07. The smallest absolute Gasteiger partial charge is 0.202 e. The molecule has 0 unspecified atom stereocenters. The fraction of sp³-hybridized carbons (Fsp3) is 0.455. The van der Waals surface area contributed by atoms with E-state index in [9.17, 15) is 0 Å². The minimum atomic E-state index is 0.330. The first kappa shape index (κ1) is 22.8. The molecule has 3 heterocycles. The summed E-state index contributed by atoms with van der Waals surface area (Å²) in [5.74, 6) is 1.55. The highest BCUT2D eigenvalue weighted by atomic mass is 35.5. The number of unbranched alkanes of at least 4 members (excludes halogenated alkanes) is 2. The molecule has 3 rings (SSSR count). The summed E-state index contributed by atoms with van der Waals surface area (Å²) in [7, 11) is 0. The Balaban J connectivity index is 1.54. The number of hydrogen-bond donors (Lipinski definition) is 3. The number of imidazole rings is 1. The molecule has 8 nitrogen and oxygen atoms in total. The predicted molar refractivity (Wildman–Crippen MR) is 129 cm³/mol. The lowest BCUT2D eigenvalue weighted by Gasteiger charge is -2.26. The summed E-state index contributed by atoms with van der Waals surface area (Å²) in [6, 6.07) is 2.01. The quantitative estimate of drug-likeness (QED) is 0.388. The molecular formula is C22H31ClN8. The Kier molecular flexibility index (Phi) is 8.06. The second-order valence-corrected chi connectivity index (χ2v) is 7.93. The molecule has 0 aromatic carbocycles. The van der Waals surface area contributed by atoms with Gasteiger partial charge in [0.1, 0.15) is 17.2 Å². The molecule has 0 saturated heterocycles. The number of hydrogen-bond acceptors (Lipinski definition) is 6. The maximum Gasteiger partial charge on any atom is 0.202 e. The van der Waals surface area contributed by atoms with Crippen molar-refractivity contribution in [3.8, 4) is 0 Å². The molecule has 3 N–H and O–H groups in total. The van der Waals surface area contributed by atoms with E-state index in [2.05, 4.69) is 60.4 Å². The molecule has 0 amide bonds. The Labute approximate surface area is 188 Å². The molecular weight excluding hydrogens is 412 g/mol. The lowest BCUT2D eigenvalue weighted by Crippen LogP contribution is -2.25. The highest BCUT2D eigenvalue weighted by molar-refractivity contribution is 6.28. The highest BCUT2D eigenvalue weighted by Gasteiger charge is 2.18. The summed E-state index contributed by atoms with van der Waals surface area (Å²) in [5.41, 5.74) is 4.54. The first-order valence-corrected chi connectivity index (χ1v) is 11.1. The van der Waals surface area contributed by atoms with E-state index in [1.165, 1.54) is 0 Å². The maximum absolute atomic E-state index is 6.08. The van der Waals surface area contributed by atoms with Gasteiger partial charge in [0.05, 0.1) is 18.0 Å². The number of rotatable bonds is 13. The van der Waals surface area contributed by atoms with Gasteiger partial charge in [-0.2, -0.15) is 10.1 Å². The largest absolute Gasteiger partial charge is 0.370 e. The maximum atomic E-state index is 6.08. The number of aromatic amines is 2. The van der Waals surface area contributed by atoms with Gasteiger partial charge in [0, 0.05) is 25.2 Å². The molecule has 2 aromatic rings. The van der Waals surface area contributed by atoms with Gasteiger partial charge in [-0.25, -0.2) is 4.99 Å². The highest BCUT2D eigenvalue weighted by Crippen LogP contribution is 2.26. The minimum Gasteiger partial charge on any atom is -0.370 e. The zero-order chi connectivity index (χ0) is 22.2. The van der Waals surface area contributed by atoms with Crippen LogP contribution in [0.15, 0.2) is 35.4 Å². The van der Waals surface area contributed by atoms with Gasteiger partial charge < -0.3 is 15.2 Å². The van der Waals surface area contributed by atoms with Gasteiger partial charge in [0.2, 0.25) is 5.28 Å². The molecule has 0 saturated carbocycles. The second-order valence-electron chi connectivity index (χ2n) is 7.57. The van der Waals surface area contributed by atoms with Crippen molar-refractivity contribution in [2.45, 2.75) is 46.0 Å². The Morgan fingerprint density at radius 2 is 2.13 bits per heavy atom. The number of nitrogens with one attached hydrogen (secondary N) is 3. The summed E-state index contributed by atoms with van der Waals surface area (Å²) in [5, 5.41) is 10.6. The van der Waals surface area contributed by atoms with Gasteiger partial charge in [-0.05, 0) is 50.1 Å². The van der Waals surface area contributed by atoms with E-state index in [-0.39, 0.29) is 0 Å². The molecule has 31 heavy (non-hydrogen) atoms. The molecule has 0 radical (unpaired) electrons. The van der Waals surface area contributed by atoms with Gasteiger partial charge in [0.15, 0.2) is 5.82 Å². The van der Waals surface area contributed by atoms with Crippen LogP contribution in [0.1, 0.15) is 56.1 Å². The first-order valence-electron chi connectivity index (χ1n) is 10.7. The van der Waals surface area contributed by atoms with Crippen molar-refractivity contribution in [2.75, 3.05) is 25.0 Å². The monoisotopic (exact) mass is 442 g/mol. The molecule has 1 aliphatic rings. The van der Waals surface area contributed by atoms with Crippen molar-refractivity contribution in [2.24, 2.45) is 9.98 Å². The molecule has 0 spiro atoms. The van der Waals surface area contributed by atoms with Crippen LogP contribution in [0.25, 0.3) is 5.70 Å². The molecule has 0 fully saturated rings. The van der Waals surface area contributed by atoms with Crippen molar-refractivity contribution in [1.82, 2.24) is 25.1 Å². The molecule has 0 atom stereocenters. The van der Waals surface area contributed by atoms with E-state index in [1.807, 2.05) is 13.0 Å². The third-order valence-corrected chi connectivity index (χ3v) is 5.30. The summed E-state index contributed by atoms with van der Waals surface area (Å²) in [6.45, 7) is 14.6. The fourth-order valence-electron chi connectivity index (χ4n) is 3.46. The summed E-state index contributed by atoms with van der Waals surface area (Å²) in [6.07, 6.45) is 6.68. The number of halogens is 1. The third-order valence-electron chi connectivity index (χ3n) is 5.12. The predicted octanol–water partition coefficient (Wildman–Crippen LogP) is 4.79. The van der Waals surface area contributed by atoms with Gasteiger partial charge >= 0.3 is 0 Å². The Morgan fingerprint density at radius 1 is 1.32 bits per heavy atom. The van der Waals surface area contributed by atoms with E-state index in [1.54, 1.807) is 6.20 Å². The molecule has 0 aliphatic carbocycles. The lowest BCUT2D eigenvalue weighted by atomic mass is 10.2. The number of aliphatic imine (C=N–C) groups is 2. The number of nitrogens with zero attached hydrogens (tertiary/aromatic N) is 5. The molecule has 1 aliphatic heterocycles. The van der Waals surface area contributed by atoms with Crippen LogP contribution < -0.4 is 5.32 Å². The summed E-state index contributed by atoms with van der Waals surface area (Å²) in [4.78, 5) is 18.9. The van der Waals surface area contributed by atoms with E-state index in [0.29, 0.717) is 17.6 Å². The van der Waals surface area contributed by atoms with Crippen molar-refractivity contribution >= 4 is 34.7 Å². The Bertz CT molecular complexity index is 968. The van der Waals surface area contributed by atoms with Crippen molar-refractivity contribution in [3.63, 3.8) is 0 Å². The average Bonchev–Trinajstić information content (AvgIpc) is 3.47. The van der Waals surface area contributed by atoms with Gasteiger partial charge in [0.25, 0.3) is 0 Å². The van der Waals surface area contributed by atoms with Crippen LogP contribution in [0, 0.1) is 6.92 Å². The SMILES string of the molecule is C=CNc1nc(Cl)[nH]c1C(=C)N(CCCC)CCCCC1=NCC(c2cc(C)[nH]n2)=N1. The Morgan fingerprint density at radius 3 is 2.84 bits per heavy atom. The van der Waals surface area contributed by atoms with Crippen LogP contribution in [-0.4, -0.2) is 56.2 Å². The van der Waals surface area contributed by atoms with Crippen LogP contribution >= 0.6 is 11.6 Å². The van der Waals surface area contributed by atoms with Crippen molar-refractivity contribution < 1.29 is 0 Å². The van der Waals surface area contributed by atoms with Crippen LogP contribution in [0.5, 0.6) is 0 Å². The van der Waals surface area contributed by atoms with E-state index < -0.39 is 0 Å². The van der Waals surface area contributed by atoms with Crippen LogP contribution in [0.2, 0.25) is 5.28 Å². The molecule has 9 heteroatoms. The van der Waals surface area contributed by atoms with E-state index in [4.69, 9.17) is 11.6 Å². The topological polar surface area (TPSA) is 97.3 Å². The zero-order valence-electron chi connectivity index (χ0n) is 18.3. The van der Waals surface area contributed by atoms with E-state index in [0.717, 1.165) is 79.5 Å². The minimum absolute atomic E-state index is 0.330. The number of anilines is 1. The van der Waals surface area contributed by atoms with Gasteiger partial charge in [-0.3, -0.25) is 10.1 Å². The number of aromatic nitrogens is 4. The first-order chi connectivity index (χ1) is 15.0. The van der Waals surface area contributed by atoms with Crippen molar-refractivity contribution in [3.05, 3.63) is 47.8 Å². The lowest BCUT2D eigenvalue weighted by molar-refractivity contribution is 0.377. The van der Waals surface area contributed by atoms with Gasteiger partial charge in [-0.1, -0.05) is 26.5 Å². The zero-order valence-corrected chi connectivity index (χ0v) is 19.1. The molecule has 2 aromatic heterocycles. The average molecular weight is 443 g/mol. The van der Waals surface area contributed by atoms with Crippen LogP contribution in [0.4, 0.5) is 5.82 Å². The number of amidine groups is 1. The van der Waals surface area contributed by atoms with Gasteiger partial charge in [-0.15, -0.1) is 0 Å². The number of aryl methyl sites for hydroxylation is 1. The fourth-order valence-corrected chi connectivity index (χ4v) is 3.64. The van der Waals surface area contributed by atoms with Crippen LogP contribution in [-0.2, 0) is 0 Å².